The maximum Gasteiger partial charge on any atom is 0.330 e. The number of esters is 1. The van der Waals surface area contributed by atoms with Crippen molar-refractivity contribution in [1.82, 2.24) is 0 Å². The lowest BCUT2D eigenvalue weighted by atomic mass is 9.71. The van der Waals surface area contributed by atoms with E-state index in [0.717, 1.165) is 31.3 Å². The van der Waals surface area contributed by atoms with Crippen LogP contribution in [0.2, 0.25) is 0 Å². The molecule has 2 aliphatic heterocycles. The quantitative estimate of drug-likeness (QED) is 0.452. The van der Waals surface area contributed by atoms with Crippen molar-refractivity contribution in [2.75, 3.05) is 13.2 Å². The van der Waals surface area contributed by atoms with Crippen LogP contribution in [0.3, 0.4) is 0 Å². The van der Waals surface area contributed by atoms with Crippen molar-refractivity contribution < 1.29 is 19.4 Å². The van der Waals surface area contributed by atoms with Gasteiger partial charge in [0.1, 0.15) is 6.61 Å². The highest BCUT2D eigenvalue weighted by Crippen LogP contribution is 2.42. The molecule has 2 heterocycles. The van der Waals surface area contributed by atoms with Crippen molar-refractivity contribution in [2.45, 2.75) is 85.4 Å². The largest absolute Gasteiger partial charge is 0.458 e. The fourth-order valence-electron chi connectivity index (χ4n) is 4.32. The van der Waals surface area contributed by atoms with Gasteiger partial charge >= 0.3 is 5.97 Å². The zero-order chi connectivity index (χ0) is 21.3. The molecule has 0 saturated carbocycles. The van der Waals surface area contributed by atoms with Crippen LogP contribution >= 0.6 is 0 Å². The first-order valence-corrected chi connectivity index (χ1v) is 11.0. The fraction of sp³-hybridized carbons (Fsp3) is 0.640. The van der Waals surface area contributed by atoms with E-state index in [1.54, 1.807) is 17.2 Å². The standard InChI is InChI=1S/C21H34O2.C4H4O2/c1-16(8-5-10-18-11-7-15-23-20(18)22)12-13-19-17(2)9-6-14-21(19,3)4;5-4-2-1-3-6-4/h8,11,20,22H,5-7,9-10,12-15H2,1-4H3;1-2H,3H2/b16-8+;. The molecule has 3 rings (SSSR count). The van der Waals surface area contributed by atoms with Gasteiger partial charge in [0.25, 0.3) is 0 Å². The third kappa shape index (κ3) is 7.94. The summed E-state index contributed by atoms with van der Waals surface area (Å²) in [7, 11) is 0. The Kier molecular flexibility index (Phi) is 9.38. The van der Waals surface area contributed by atoms with Gasteiger partial charge in [-0.3, -0.25) is 0 Å². The molecule has 1 atom stereocenters. The number of allylic oxidation sites excluding steroid dienone is 4. The van der Waals surface area contributed by atoms with Crippen molar-refractivity contribution in [3.8, 4) is 0 Å². The molecular formula is C25H38O4. The molecule has 1 unspecified atom stereocenters. The van der Waals surface area contributed by atoms with E-state index in [9.17, 15) is 9.90 Å². The molecule has 1 aliphatic carbocycles. The van der Waals surface area contributed by atoms with Crippen LogP contribution in [0.5, 0.6) is 0 Å². The smallest absolute Gasteiger partial charge is 0.330 e. The van der Waals surface area contributed by atoms with E-state index >= 15 is 0 Å². The molecule has 4 heteroatoms. The van der Waals surface area contributed by atoms with Crippen molar-refractivity contribution >= 4 is 5.97 Å². The van der Waals surface area contributed by atoms with Gasteiger partial charge in [-0.2, -0.15) is 0 Å². The minimum atomic E-state index is -0.673. The summed E-state index contributed by atoms with van der Waals surface area (Å²) in [5.41, 5.74) is 6.22. The van der Waals surface area contributed by atoms with Crippen molar-refractivity contribution in [3.63, 3.8) is 0 Å². The van der Waals surface area contributed by atoms with Crippen LogP contribution in [-0.4, -0.2) is 30.6 Å². The Hall–Kier alpha value is -1.65. The number of aliphatic hydroxyl groups is 1. The Morgan fingerprint density at radius 3 is 2.72 bits per heavy atom. The van der Waals surface area contributed by atoms with E-state index < -0.39 is 6.29 Å². The van der Waals surface area contributed by atoms with E-state index in [-0.39, 0.29) is 5.97 Å². The van der Waals surface area contributed by atoms with Gasteiger partial charge in [-0.15, -0.1) is 0 Å². The van der Waals surface area contributed by atoms with Crippen LogP contribution in [0, 0.1) is 5.41 Å². The maximum atomic E-state index is 9.93. The maximum absolute atomic E-state index is 9.93. The normalized spacial score (nSPS) is 24.0. The third-order valence-corrected chi connectivity index (χ3v) is 6.07. The Balaban J connectivity index is 0.000000426. The van der Waals surface area contributed by atoms with Gasteiger partial charge in [0.05, 0.1) is 6.61 Å². The summed E-state index contributed by atoms with van der Waals surface area (Å²) in [4.78, 5) is 9.93. The van der Waals surface area contributed by atoms with Crippen molar-refractivity contribution in [3.05, 3.63) is 46.6 Å². The second-order valence-corrected chi connectivity index (χ2v) is 8.91. The first-order chi connectivity index (χ1) is 13.8. The number of ether oxygens (including phenoxy) is 2. The van der Waals surface area contributed by atoms with Crippen LogP contribution in [0.4, 0.5) is 0 Å². The van der Waals surface area contributed by atoms with Crippen molar-refractivity contribution in [1.29, 1.82) is 0 Å². The zero-order valence-corrected chi connectivity index (χ0v) is 18.6. The minimum absolute atomic E-state index is 0.227. The summed E-state index contributed by atoms with van der Waals surface area (Å²) in [6.45, 7) is 10.5. The van der Waals surface area contributed by atoms with Crippen LogP contribution in [0.1, 0.15) is 79.1 Å². The average molecular weight is 403 g/mol. The highest BCUT2D eigenvalue weighted by Gasteiger charge is 2.27. The summed E-state index contributed by atoms with van der Waals surface area (Å²) in [5, 5.41) is 9.78. The predicted octanol–water partition coefficient (Wildman–Crippen LogP) is 5.78. The Morgan fingerprint density at radius 2 is 2.14 bits per heavy atom. The van der Waals surface area contributed by atoms with E-state index in [0.29, 0.717) is 18.6 Å². The van der Waals surface area contributed by atoms with E-state index in [4.69, 9.17) is 4.74 Å². The lowest BCUT2D eigenvalue weighted by molar-refractivity contribution is -0.134. The summed E-state index contributed by atoms with van der Waals surface area (Å²) in [6.07, 6.45) is 16.1. The number of rotatable bonds is 6. The van der Waals surface area contributed by atoms with Crippen LogP contribution in [-0.2, 0) is 14.3 Å². The molecule has 0 aromatic heterocycles. The molecule has 29 heavy (non-hydrogen) atoms. The van der Waals surface area contributed by atoms with Gasteiger partial charge in [0, 0.05) is 6.08 Å². The van der Waals surface area contributed by atoms with Crippen molar-refractivity contribution in [2.24, 2.45) is 5.41 Å². The first kappa shape index (κ1) is 23.6. The topological polar surface area (TPSA) is 55.8 Å². The van der Waals surface area contributed by atoms with Crippen LogP contribution < -0.4 is 0 Å². The number of aliphatic hydroxyl groups excluding tert-OH is 1. The van der Waals surface area contributed by atoms with Gasteiger partial charge in [-0.1, -0.05) is 42.7 Å². The Morgan fingerprint density at radius 1 is 1.34 bits per heavy atom. The highest BCUT2D eigenvalue weighted by molar-refractivity contribution is 5.83. The lowest BCUT2D eigenvalue weighted by Gasteiger charge is -2.35. The first-order valence-electron chi connectivity index (χ1n) is 11.0. The number of cyclic esters (lactones) is 1. The zero-order valence-electron chi connectivity index (χ0n) is 18.6. The summed E-state index contributed by atoms with van der Waals surface area (Å²) in [5.74, 6) is -0.227. The molecular weight excluding hydrogens is 364 g/mol. The summed E-state index contributed by atoms with van der Waals surface area (Å²) >= 11 is 0. The highest BCUT2D eigenvalue weighted by atomic mass is 16.6. The molecule has 0 saturated heterocycles. The van der Waals surface area contributed by atoms with E-state index in [1.165, 1.54) is 37.3 Å². The molecule has 4 nitrogen and oxygen atoms in total. The molecule has 0 radical (unpaired) electrons. The molecule has 162 valence electrons. The fourth-order valence-corrected chi connectivity index (χ4v) is 4.32. The Bertz CT molecular complexity index is 679. The molecule has 0 spiro atoms. The van der Waals surface area contributed by atoms with Gasteiger partial charge in [-0.05, 0) is 82.3 Å². The number of carbonyl (C=O) groups is 1. The summed E-state index contributed by atoms with van der Waals surface area (Å²) < 4.78 is 9.67. The third-order valence-electron chi connectivity index (χ3n) is 6.07. The Labute approximate surface area is 176 Å². The number of hydrogen-bond acceptors (Lipinski definition) is 4. The summed E-state index contributed by atoms with van der Waals surface area (Å²) in [6, 6.07) is 0. The van der Waals surface area contributed by atoms with E-state index in [2.05, 4.69) is 44.6 Å². The van der Waals surface area contributed by atoms with Gasteiger partial charge in [0.15, 0.2) is 6.29 Å². The predicted molar refractivity (Wildman–Crippen MR) is 117 cm³/mol. The molecule has 0 aromatic carbocycles. The molecule has 0 bridgehead atoms. The van der Waals surface area contributed by atoms with Gasteiger partial charge in [0.2, 0.25) is 0 Å². The lowest BCUT2D eigenvalue weighted by Crippen LogP contribution is -2.20. The number of carbonyl (C=O) groups excluding carboxylic acids is 1. The second-order valence-electron chi connectivity index (χ2n) is 8.91. The average Bonchev–Trinajstić information content (AvgIpc) is 3.14. The molecule has 1 N–H and O–H groups in total. The monoisotopic (exact) mass is 402 g/mol. The van der Waals surface area contributed by atoms with Crippen LogP contribution in [0.15, 0.2) is 46.6 Å². The second kappa shape index (κ2) is 11.5. The SMILES string of the molecule is CC1=C(CC/C(C)=C/CCC2=CCCOC2O)C(C)(C)CCC1.O=C1C=CCO1. The van der Waals surface area contributed by atoms with Gasteiger partial charge in [-0.25, -0.2) is 4.79 Å². The molecule has 0 aromatic rings. The molecule has 0 amide bonds. The number of hydrogen-bond donors (Lipinski definition) is 1. The molecule has 0 fully saturated rings. The van der Waals surface area contributed by atoms with E-state index in [1.807, 2.05) is 0 Å². The minimum Gasteiger partial charge on any atom is -0.458 e. The van der Waals surface area contributed by atoms with Gasteiger partial charge < -0.3 is 14.6 Å². The molecule has 3 aliphatic rings. The van der Waals surface area contributed by atoms with Crippen LogP contribution in [0.25, 0.3) is 0 Å².